The fraction of sp³-hybridized carbons (Fsp3) is 0.0714. The van der Waals surface area contributed by atoms with Crippen LogP contribution in [0.25, 0.3) is 22.4 Å². The molecule has 0 bridgehead atoms. The maximum Gasteiger partial charge on any atom is 0.138 e. The first-order valence-corrected chi connectivity index (χ1v) is 7.56. The van der Waals surface area contributed by atoms with Gasteiger partial charge in [-0.25, -0.2) is 4.98 Å². The minimum absolute atomic E-state index is 0.274. The van der Waals surface area contributed by atoms with Gasteiger partial charge in [0.25, 0.3) is 0 Å². The number of hydrogen-bond donors (Lipinski definition) is 2. The molecule has 0 aliphatic rings. The smallest absolute Gasteiger partial charge is 0.138 e. The Balaban J connectivity index is 2.20. The van der Waals surface area contributed by atoms with E-state index in [0.29, 0.717) is 0 Å². The minimum atomic E-state index is 0.274. The first-order valence-electron chi connectivity index (χ1n) is 5.69. The van der Waals surface area contributed by atoms with Crippen molar-refractivity contribution in [1.29, 1.82) is 0 Å². The van der Waals surface area contributed by atoms with Crippen LogP contribution in [0.2, 0.25) is 0 Å². The zero-order valence-corrected chi connectivity index (χ0v) is 13.8. The van der Waals surface area contributed by atoms with Gasteiger partial charge in [-0.05, 0) is 65.4 Å². The molecule has 0 radical (unpaired) electrons. The van der Waals surface area contributed by atoms with Crippen molar-refractivity contribution in [3.8, 4) is 17.1 Å². The summed E-state index contributed by atoms with van der Waals surface area (Å²) in [5.41, 5.74) is 3.93. The molecule has 1 heterocycles. The summed E-state index contributed by atoms with van der Waals surface area (Å²) >= 11 is 5.58. The summed E-state index contributed by atoms with van der Waals surface area (Å²) in [7, 11) is 0. The number of benzene rings is 2. The highest BCUT2D eigenvalue weighted by atomic mass is 127. The van der Waals surface area contributed by atoms with Crippen molar-refractivity contribution < 1.29 is 5.11 Å². The molecular weight excluding hydrogens is 419 g/mol. The molecule has 0 aliphatic carbocycles. The number of aromatic hydroxyl groups is 1. The predicted octanol–water partition coefficient (Wildman–Crippen LogP) is 4.61. The highest BCUT2D eigenvalue weighted by molar-refractivity contribution is 14.1. The highest BCUT2D eigenvalue weighted by Crippen LogP contribution is 2.29. The van der Waals surface area contributed by atoms with Crippen LogP contribution in [0, 0.1) is 10.5 Å². The molecule has 2 aromatic carbocycles. The molecule has 0 aliphatic heterocycles. The van der Waals surface area contributed by atoms with Crippen LogP contribution in [0.15, 0.2) is 34.8 Å². The summed E-state index contributed by atoms with van der Waals surface area (Å²) in [6.07, 6.45) is 0. The quantitative estimate of drug-likeness (QED) is 0.556. The summed E-state index contributed by atoms with van der Waals surface area (Å²) in [4.78, 5) is 7.89. The first-order chi connectivity index (χ1) is 9.04. The minimum Gasteiger partial charge on any atom is -0.507 e. The lowest BCUT2D eigenvalue weighted by Crippen LogP contribution is -1.82. The van der Waals surface area contributed by atoms with E-state index in [9.17, 15) is 5.11 Å². The molecule has 0 atom stereocenters. The fourth-order valence-corrected chi connectivity index (χ4v) is 2.95. The van der Waals surface area contributed by atoms with Crippen LogP contribution in [0.3, 0.4) is 0 Å². The van der Waals surface area contributed by atoms with Gasteiger partial charge in [-0.1, -0.05) is 15.9 Å². The van der Waals surface area contributed by atoms with E-state index in [-0.39, 0.29) is 5.75 Å². The number of imidazole rings is 1. The van der Waals surface area contributed by atoms with Crippen molar-refractivity contribution in [1.82, 2.24) is 9.97 Å². The predicted molar refractivity (Wildman–Crippen MR) is 88.3 cm³/mol. The van der Waals surface area contributed by atoms with E-state index < -0.39 is 0 Å². The molecule has 3 rings (SSSR count). The Hall–Kier alpha value is -1.08. The third-order valence-corrected chi connectivity index (χ3v) is 4.33. The highest BCUT2D eigenvalue weighted by Gasteiger charge is 2.09. The van der Waals surface area contributed by atoms with Crippen molar-refractivity contribution in [3.05, 3.63) is 43.9 Å². The molecule has 0 fully saturated rings. The largest absolute Gasteiger partial charge is 0.507 e. The molecule has 19 heavy (non-hydrogen) atoms. The number of phenols is 1. The van der Waals surface area contributed by atoms with Gasteiger partial charge in [0.1, 0.15) is 11.6 Å². The van der Waals surface area contributed by atoms with Crippen LogP contribution in [-0.2, 0) is 0 Å². The number of H-pyrrole nitrogens is 1. The van der Waals surface area contributed by atoms with Crippen LogP contribution < -0.4 is 0 Å². The van der Waals surface area contributed by atoms with Crippen LogP contribution in [-0.4, -0.2) is 15.1 Å². The Kier molecular flexibility index (Phi) is 3.26. The zero-order valence-electron chi connectivity index (χ0n) is 10.0. The molecule has 96 valence electrons. The van der Waals surface area contributed by atoms with Gasteiger partial charge >= 0.3 is 0 Å². The summed E-state index contributed by atoms with van der Waals surface area (Å²) < 4.78 is 1.86. The number of fused-ring (bicyclic) bond motifs is 1. The van der Waals surface area contributed by atoms with Crippen LogP contribution in [0.4, 0.5) is 0 Å². The van der Waals surface area contributed by atoms with Gasteiger partial charge in [-0.15, -0.1) is 0 Å². The first kappa shape index (κ1) is 12.9. The molecule has 0 saturated heterocycles. The van der Waals surface area contributed by atoms with Gasteiger partial charge in [0.05, 0.1) is 14.6 Å². The lowest BCUT2D eigenvalue weighted by Gasteiger charge is -1.99. The van der Waals surface area contributed by atoms with E-state index in [0.717, 1.165) is 36.0 Å². The van der Waals surface area contributed by atoms with Gasteiger partial charge in [-0.3, -0.25) is 0 Å². The van der Waals surface area contributed by atoms with Crippen molar-refractivity contribution in [2.45, 2.75) is 6.92 Å². The van der Waals surface area contributed by atoms with Crippen molar-refractivity contribution in [3.63, 3.8) is 0 Å². The maximum absolute atomic E-state index is 9.78. The Bertz CT molecular complexity index is 782. The van der Waals surface area contributed by atoms with Crippen molar-refractivity contribution in [2.24, 2.45) is 0 Å². The normalized spacial score (nSPS) is 11.1. The van der Waals surface area contributed by atoms with Gasteiger partial charge in [-0.2, -0.15) is 0 Å². The number of rotatable bonds is 1. The van der Waals surface area contributed by atoms with E-state index in [1.165, 1.54) is 0 Å². The topological polar surface area (TPSA) is 48.9 Å². The second-order valence-corrected chi connectivity index (χ2v) is 6.45. The fourth-order valence-electron chi connectivity index (χ4n) is 2.04. The summed E-state index contributed by atoms with van der Waals surface area (Å²) in [5.74, 6) is 1.04. The molecule has 2 N–H and O–H groups in total. The van der Waals surface area contributed by atoms with Crippen LogP contribution in [0.1, 0.15) is 5.56 Å². The maximum atomic E-state index is 9.78. The van der Waals surface area contributed by atoms with E-state index in [1.54, 1.807) is 6.07 Å². The van der Waals surface area contributed by atoms with Gasteiger partial charge in [0.2, 0.25) is 0 Å². The monoisotopic (exact) mass is 428 g/mol. The number of aromatic nitrogens is 2. The molecule has 0 amide bonds. The summed E-state index contributed by atoms with van der Waals surface area (Å²) in [5, 5.41) is 9.78. The second kappa shape index (κ2) is 4.79. The molecule has 5 heteroatoms. The van der Waals surface area contributed by atoms with E-state index in [1.807, 2.05) is 31.2 Å². The Labute approximate surface area is 132 Å². The molecule has 0 spiro atoms. The Morgan fingerprint density at radius 3 is 2.79 bits per heavy atom. The van der Waals surface area contributed by atoms with E-state index in [2.05, 4.69) is 48.5 Å². The third-order valence-electron chi connectivity index (χ3n) is 2.96. The average molecular weight is 429 g/mol. The zero-order chi connectivity index (χ0) is 13.6. The molecule has 3 nitrogen and oxygen atoms in total. The number of aromatic amines is 1. The molecule has 1 aromatic heterocycles. The number of nitrogens with zero attached hydrogens (tertiary/aromatic N) is 1. The third kappa shape index (κ3) is 2.36. The molecule has 3 aromatic rings. The summed E-state index contributed by atoms with van der Waals surface area (Å²) in [6.45, 7) is 2.03. The lowest BCUT2D eigenvalue weighted by atomic mass is 10.2. The number of aryl methyl sites for hydroxylation is 1. The van der Waals surface area contributed by atoms with Crippen LogP contribution in [0.5, 0.6) is 5.75 Å². The number of phenolic OH excluding ortho intramolecular Hbond substituents is 1. The van der Waals surface area contributed by atoms with Crippen molar-refractivity contribution in [2.75, 3.05) is 0 Å². The van der Waals surface area contributed by atoms with Crippen molar-refractivity contribution >= 4 is 49.6 Å². The standard InChI is InChI=1S/C14H10BrIN2O/c1-7-4-9(15)6-11-13(7)18-14(17-11)8-2-3-10(16)12(19)5-8/h2-6,19H,1H3,(H,17,18). The Morgan fingerprint density at radius 1 is 1.26 bits per heavy atom. The summed E-state index contributed by atoms with van der Waals surface area (Å²) in [6, 6.07) is 9.60. The number of hydrogen-bond acceptors (Lipinski definition) is 2. The average Bonchev–Trinajstić information content (AvgIpc) is 2.76. The van der Waals surface area contributed by atoms with E-state index in [4.69, 9.17) is 0 Å². The molecule has 0 unspecified atom stereocenters. The lowest BCUT2D eigenvalue weighted by molar-refractivity contribution is 0.471. The van der Waals surface area contributed by atoms with E-state index >= 15 is 0 Å². The molecular formula is C14H10BrIN2O. The number of nitrogens with one attached hydrogen (secondary N) is 1. The Morgan fingerprint density at radius 2 is 2.05 bits per heavy atom. The second-order valence-electron chi connectivity index (χ2n) is 4.37. The SMILES string of the molecule is Cc1cc(Br)cc2[nH]c(-c3ccc(I)c(O)c3)nc12. The molecule has 0 saturated carbocycles. The van der Waals surface area contributed by atoms with Gasteiger partial charge in [0.15, 0.2) is 0 Å². The van der Waals surface area contributed by atoms with Gasteiger partial charge < -0.3 is 10.1 Å². The van der Waals surface area contributed by atoms with Crippen LogP contribution >= 0.6 is 38.5 Å². The van der Waals surface area contributed by atoms with Gasteiger partial charge in [0, 0.05) is 10.0 Å². The number of halogens is 2.